The van der Waals surface area contributed by atoms with E-state index in [1.54, 1.807) is 6.92 Å². The number of rotatable bonds is 8. The fourth-order valence-electron chi connectivity index (χ4n) is 2.33. The molecule has 144 valence electrons. The summed E-state index contributed by atoms with van der Waals surface area (Å²) >= 11 is 2.67. The molecule has 2 aromatic carbocycles. The molecule has 1 aromatic heterocycles. The molecule has 0 bridgehead atoms. The lowest BCUT2D eigenvalue weighted by Crippen LogP contribution is -2.14. The monoisotopic (exact) mass is 415 g/mol. The van der Waals surface area contributed by atoms with E-state index >= 15 is 0 Å². The summed E-state index contributed by atoms with van der Waals surface area (Å²) in [5, 5.41) is 25.6. The Balaban J connectivity index is 1.48. The van der Waals surface area contributed by atoms with Crippen LogP contribution in [-0.2, 0) is 11.3 Å². The molecule has 8 nitrogen and oxygen atoms in total. The third-order valence-electron chi connectivity index (χ3n) is 3.71. The summed E-state index contributed by atoms with van der Waals surface area (Å²) in [5.41, 5.74) is 2.33. The molecule has 2 N–H and O–H groups in total. The van der Waals surface area contributed by atoms with Gasteiger partial charge in [0.15, 0.2) is 4.34 Å². The Morgan fingerprint density at radius 1 is 1.21 bits per heavy atom. The predicted molar refractivity (Wildman–Crippen MR) is 111 cm³/mol. The number of hydrogen-bond donors (Lipinski definition) is 2. The molecule has 1 amide bonds. The molecular formula is C18H17N5O3S2. The number of nitro groups is 1. The van der Waals surface area contributed by atoms with E-state index in [0.29, 0.717) is 27.3 Å². The molecule has 3 aromatic rings. The van der Waals surface area contributed by atoms with Gasteiger partial charge in [0.2, 0.25) is 11.0 Å². The van der Waals surface area contributed by atoms with Gasteiger partial charge in [-0.3, -0.25) is 14.9 Å². The topological polar surface area (TPSA) is 110 Å². The second kappa shape index (κ2) is 9.29. The molecule has 10 heteroatoms. The average Bonchev–Trinajstić information content (AvgIpc) is 3.15. The second-order valence-electron chi connectivity index (χ2n) is 5.81. The summed E-state index contributed by atoms with van der Waals surface area (Å²) in [4.78, 5) is 22.5. The Hall–Kier alpha value is -2.98. The van der Waals surface area contributed by atoms with Crippen LogP contribution in [-0.4, -0.2) is 26.8 Å². The normalized spacial score (nSPS) is 10.5. The van der Waals surface area contributed by atoms with Gasteiger partial charge in [0, 0.05) is 24.4 Å². The predicted octanol–water partition coefficient (Wildman–Crippen LogP) is 4.10. The molecule has 28 heavy (non-hydrogen) atoms. The lowest BCUT2D eigenvalue weighted by Gasteiger charge is -2.07. The van der Waals surface area contributed by atoms with Gasteiger partial charge in [0.1, 0.15) is 0 Å². The van der Waals surface area contributed by atoms with Crippen molar-refractivity contribution in [3.8, 4) is 0 Å². The number of aryl methyl sites for hydroxylation is 1. The number of non-ortho nitro benzene ring substituents is 1. The van der Waals surface area contributed by atoms with Crippen molar-refractivity contribution in [3.63, 3.8) is 0 Å². The van der Waals surface area contributed by atoms with Crippen molar-refractivity contribution in [1.29, 1.82) is 0 Å². The van der Waals surface area contributed by atoms with Crippen LogP contribution in [0.2, 0.25) is 0 Å². The first kappa shape index (κ1) is 19.8. The lowest BCUT2D eigenvalue weighted by molar-refractivity contribution is -0.384. The van der Waals surface area contributed by atoms with Gasteiger partial charge in [-0.2, -0.15) is 0 Å². The van der Waals surface area contributed by atoms with Crippen LogP contribution in [0.1, 0.15) is 11.1 Å². The number of benzene rings is 2. The van der Waals surface area contributed by atoms with E-state index in [2.05, 4.69) is 20.8 Å². The van der Waals surface area contributed by atoms with Crippen molar-refractivity contribution in [3.05, 3.63) is 69.8 Å². The first-order valence-electron chi connectivity index (χ1n) is 8.30. The largest absolute Gasteiger partial charge is 0.356 e. The Labute approximate surface area is 169 Å². The SMILES string of the molecule is Cc1cc([N+](=O)[O-])ccc1NC(=O)CSc1nnc(NCc2ccccc2)s1. The number of nitrogens with zero attached hydrogens (tertiary/aromatic N) is 3. The van der Waals surface area contributed by atoms with Crippen molar-refractivity contribution < 1.29 is 9.72 Å². The first-order chi connectivity index (χ1) is 13.5. The molecule has 0 saturated heterocycles. The number of carbonyl (C=O) groups is 1. The van der Waals surface area contributed by atoms with Crippen LogP contribution in [0.5, 0.6) is 0 Å². The molecule has 0 aliphatic rings. The molecule has 3 rings (SSSR count). The first-order valence-corrected chi connectivity index (χ1v) is 10.1. The van der Waals surface area contributed by atoms with E-state index in [1.165, 1.54) is 41.3 Å². The number of carbonyl (C=O) groups excluding carboxylic acids is 1. The van der Waals surface area contributed by atoms with Crippen molar-refractivity contribution in [2.24, 2.45) is 0 Å². The number of nitrogens with one attached hydrogen (secondary N) is 2. The maximum Gasteiger partial charge on any atom is 0.269 e. The average molecular weight is 416 g/mol. The standard InChI is InChI=1S/C18H17N5O3S2/c1-12-9-14(23(25)26)7-8-15(12)20-16(24)11-27-18-22-21-17(28-18)19-10-13-5-3-2-4-6-13/h2-9H,10-11H2,1H3,(H,19,21)(H,20,24). The molecule has 0 saturated carbocycles. The number of thioether (sulfide) groups is 1. The van der Waals surface area contributed by atoms with Crippen molar-refractivity contribution in [1.82, 2.24) is 10.2 Å². The van der Waals surface area contributed by atoms with Gasteiger partial charge in [0.05, 0.1) is 10.7 Å². The zero-order valence-electron chi connectivity index (χ0n) is 14.9. The quantitative estimate of drug-likeness (QED) is 0.324. The van der Waals surface area contributed by atoms with E-state index in [1.807, 2.05) is 30.3 Å². The number of nitro benzene ring substituents is 1. The summed E-state index contributed by atoms with van der Waals surface area (Å²) in [6, 6.07) is 14.3. The van der Waals surface area contributed by atoms with Crippen LogP contribution in [0.4, 0.5) is 16.5 Å². The van der Waals surface area contributed by atoms with Gasteiger partial charge in [-0.25, -0.2) is 0 Å². The lowest BCUT2D eigenvalue weighted by atomic mass is 10.2. The highest BCUT2D eigenvalue weighted by Gasteiger charge is 2.12. The highest BCUT2D eigenvalue weighted by atomic mass is 32.2. The minimum atomic E-state index is -0.465. The van der Waals surface area contributed by atoms with Gasteiger partial charge < -0.3 is 10.6 Å². The van der Waals surface area contributed by atoms with Gasteiger partial charge >= 0.3 is 0 Å². The molecule has 0 fully saturated rings. The summed E-state index contributed by atoms with van der Waals surface area (Å²) in [6.07, 6.45) is 0. The molecule has 0 radical (unpaired) electrons. The van der Waals surface area contributed by atoms with Crippen LogP contribution in [0.25, 0.3) is 0 Å². The van der Waals surface area contributed by atoms with Gasteiger partial charge in [-0.05, 0) is 24.1 Å². The van der Waals surface area contributed by atoms with E-state index in [4.69, 9.17) is 0 Å². The Morgan fingerprint density at radius 3 is 2.71 bits per heavy atom. The van der Waals surface area contributed by atoms with Crippen molar-refractivity contribution in [2.45, 2.75) is 17.8 Å². The second-order valence-corrected chi connectivity index (χ2v) is 8.01. The third kappa shape index (κ3) is 5.51. The molecule has 0 spiro atoms. The fraction of sp³-hybridized carbons (Fsp3) is 0.167. The maximum atomic E-state index is 12.1. The number of amides is 1. The molecule has 0 unspecified atom stereocenters. The van der Waals surface area contributed by atoms with Crippen LogP contribution >= 0.6 is 23.1 Å². The van der Waals surface area contributed by atoms with Crippen molar-refractivity contribution >= 4 is 45.5 Å². The minimum Gasteiger partial charge on any atom is -0.356 e. The zero-order chi connectivity index (χ0) is 19.9. The third-order valence-corrected chi connectivity index (χ3v) is 5.73. The summed E-state index contributed by atoms with van der Waals surface area (Å²) in [7, 11) is 0. The summed E-state index contributed by atoms with van der Waals surface area (Å²) in [5.74, 6) is -0.0417. The minimum absolute atomic E-state index is 0.00531. The van der Waals surface area contributed by atoms with Crippen LogP contribution in [0, 0.1) is 17.0 Å². The van der Waals surface area contributed by atoms with Crippen LogP contribution in [0.15, 0.2) is 52.9 Å². The summed E-state index contributed by atoms with van der Waals surface area (Å²) in [6.45, 7) is 2.37. The van der Waals surface area contributed by atoms with E-state index in [0.717, 1.165) is 5.56 Å². The Morgan fingerprint density at radius 2 is 2.00 bits per heavy atom. The zero-order valence-corrected chi connectivity index (χ0v) is 16.5. The van der Waals surface area contributed by atoms with Crippen LogP contribution < -0.4 is 10.6 Å². The van der Waals surface area contributed by atoms with Crippen LogP contribution in [0.3, 0.4) is 0 Å². The van der Waals surface area contributed by atoms with E-state index in [-0.39, 0.29) is 17.3 Å². The van der Waals surface area contributed by atoms with Gasteiger partial charge in [0.25, 0.3) is 5.69 Å². The van der Waals surface area contributed by atoms with Gasteiger partial charge in [-0.1, -0.05) is 53.4 Å². The smallest absolute Gasteiger partial charge is 0.269 e. The number of hydrogen-bond acceptors (Lipinski definition) is 8. The molecule has 0 aliphatic carbocycles. The highest BCUT2D eigenvalue weighted by molar-refractivity contribution is 8.01. The van der Waals surface area contributed by atoms with Crippen molar-refractivity contribution in [2.75, 3.05) is 16.4 Å². The fourth-order valence-corrected chi connectivity index (χ4v) is 3.88. The molecule has 0 aliphatic heterocycles. The Bertz CT molecular complexity index is 978. The van der Waals surface area contributed by atoms with Gasteiger partial charge in [-0.15, -0.1) is 10.2 Å². The highest BCUT2D eigenvalue weighted by Crippen LogP contribution is 2.26. The van der Waals surface area contributed by atoms with E-state index in [9.17, 15) is 14.9 Å². The number of anilines is 2. The van der Waals surface area contributed by atoms with E-state index < -0.39 is 4.92 Å². The summed E-state index contributed by atoms with van der Waals surface area (Å²) < 4.78 is 0.686. The maximum absolute atomic E-state index is 12.1. The Kier molecular flexibility index (Phi) is 6.56. The molecular weight excluding hydrogens is 398 g/mol. The number of aromatic nitrogens is 2. The molecule has 1 heterocycles. The molecule has 0 atom stereocenters.